The molecule has 0 fully saturated rings. The van der Waals surface area contributed by atoms with E-state index in [1.165, 1.54) is 0 Å². The highest BCUT2D eigenvalue weighted by Gasteiger charge is 2.16. The van der Waals surface area contributed by atoms with E-state index in [4.69, 9.17) is 22.1 Å². The van der Waals surface area contributed by atoms with Gasteiger partial charge in [-0.2, -0.15) is 0 Å². The Bertz CT molecular complexity index is 408. The minimum atomic E-state index is -0.416. The van der Waals surface area contributed by atoms with E-state index in [2.05, 4.69) is 5.32 Å². The number of benzene rings is 1. The first-order chi connectivity index (χ1) is 8.10. The van der Waals surface area contributed by atoms with Crippen molar-refractivity contribution in [2.75, 3.05) is 24.2 Å². The van der Waals surface area contributed by atoms with Gasteiger partial charge in [-0.3, -0.25) is 0 Å². The van der Waals surface area contributed by atoms with E-state index in [-0.39, 0.29) is 0 Å². The zero-order chi connectivity index (χ0) is 12.8. The van der Waals surface area contributed by atoms with E-state index in [0.717, 1.165) is 13.0 Å². The molecule has 0 bridgehead atoms. The van der Waals surface area contributed by atoms with Gasteiger partial charge in [0.1, 0.15) is 0 Å². The molecular weight excluding hydrogens is 240 g/mol. The minimum Gasteiger partial charge on any atom is -0.462 e. The Labute approximate surface area is 106 Å². The Morgan fingerprint density at radius 2 is 2.18 bits per heavy atom. The van der Waals surface area contributed by atoms with Gasteiger partial charge in [0.05, 0.1) is 22.9 Å². The number of nitrogen functional groups attached to an aromatic ring is 1. The molecule has 94 valence electrons. The summed E-state index contributed by atoms with van der Waals surface area (Å²) in [5.41, 5.74) is 7.08. The van der Waals surface area contributed by atoms with Crippen molar-refractivity contribution in [2.45, 2.75) is 20.3 Å². The van der Waals surface area contributed by atoms with E-state index < -0.39 is 5.97 Å². The van der Waals surface area contributed by atoms with Crippen molar-refractivity contribution in [1.29, 1.82) is 0 Å². The predicted octanol–water partition coefficient (Wildman–Crippen LogP) is 2.92. The first kappa shape index (κ1) is 13.6. The zero-order valence-electron chi connectivity index (χ0n) is 10.0. The molecule has 0 aromatic heterocycles. The van der Waals surface area contributed by atoms with Gasteiger partial charge in [-0.25, -0.2) is 4.79 Å². The van der Waals surface area contributed by atoms with Crippen LogP contribution >= 0.6 is 11.6 Å². The molecule has 0 amide bonds. The lowest BCUT2D eigenvalue weighted by Crippen LogP contribution is -2.11. The molecule has 0 unspecified atom stereocenters. The second kappa shape index (κ2) is 6.35. The Kier molecular flexibility index (Phi) is 5.10. The van der Waals surface area contributed by atoms with Crippen LogP contribution in [0.25, 0.3) is 0 Å². The fourth-order valence-corrected chi connectivity index (χ4v) is 1.72. The van der Waals surface area contributed by atoms with Crippen molar-refractivity contribution in [3.8, 4) is 0 Å². The molecule has 0 atom stereocenters. The third-order valence-corrected chi connectivity index (χ3v) is 2.46. The number of rotatable bonds is 5. The lowest BCUT2D eigenvalue weighted by atomic mass is 10.1. The molecule has 3 N–H and O–H groups in total. The lowest BCUT2D eigenvalue weighted by molar-refractivity contribution is 0.0527. The molecule has 0 aliphatic carbocycles. The molecule has 4 nitrogen and oxygen atoms in total. The maximum Gasteiger partial charge on any atom is 0.340 e. The van der Waals surface area contributed by atoms with Crippen LogP contribution in [0.3, 0.4) is 0 Å². The van der Waals surface area contributed by atoms with Crippen molar-refractivity contribution in [1.82, 2.24) is 0 Å². The number of hydrogen-bond donors (Lipinski definition) is 2. The summed E-state index contributed by atoms with van der Waals surface area (Å²) < 4.78 is 4.97. The monoisotopic (exact) mass is 256 g/mol. The molecule has 1 aromatic carbocycles. The molecule has 1 rings (SSSR count). The molecule has 0 heterocycles. The van der Waals surface area contributed by atoms with Gasteiger partial charge in [0.15, 0.2) is 0 Å². The standard InChI is InChI=1S/C12H17ClN2O2/c1-3-5-15-11-9(12(16)17-4-2)6-8(14)7-10(11)13/h6-7,15H,3-5,14H2,1-2H3. The fourth-order valence-electron chi connectivity index (χ4n) is 1.43. The molecule has 0 aliphatic heterocycles. The summed E-state index contributed by atoms with van der Waals surface area (Å²) in [6, 6.07) is 3.18. The average Bonchev–Trinajstić information content (AvgIpc) is 2.27. The van der Waals surface area contributed by atoms with E-state index in [1.54, 1.807) is 19.1 Å². The van der Waals surface area contributed by atoms with Crippen LogP contribution < -0.4 is 11.1 Å². The second-order valence-electron chi connectivity index (χ2n) is 3.57. The van der Waals surface area contributed by atoms with E-state index in [9.17, 15) is 4.79 Å². The second-order valence-corrected chi connectivity index (χ2v) is 3.98. The zero-order valence-corrected chi connectivity index (χ0v) is 10.8. The number of ether oxygens (including phenoxy) is 1. The van der Waals surface area contributed by atoms with Crippen LogP contribution in [0.1, 0.15) is 30.6 Å². The number of nitrogens with one attached hydrogen (secondary N) is 1. The lowest BCUT2D eigenvalue weighted by Gasteiger charge is -2.13. The highest BCUT2D eigenvalue weighted by molar-refractivity contribution is 6.34. The molecule has 0 radical (unpaired) electrons. The van der Waals surface area contributed by atoms with Gasteiger partial charge in [0.25, 0.3) is 0 Å². The van der Waals surface area contributed by atoms with Crippen LogP contribution in [-0.4, -0.2) is 19.1 Å². The summed E-state index contributed by atoms with van der Waals surface area (Å²) in [5.74, 6) is -0.416. The van der Waals surface area contributed by atoms with Crippen LogP contribution in [0.4, 0.5) is 11.4 Å². The van der Waals surface area contributed by atoms with Crippen molar-refractivity contribution in [3.05, 3.63) is 22.7 Å². The molecule has 0 saturated carbocycles. The summed E-state index contributed by atoms with van der Waals surface area (Å²) in [4.78, 5) is 11.8. The number of esters is 1. The van der Waals surface area contributed by atoms with Gasteiger partial charge >= 0.3 is 5.97 Å². The maximum absolute atomic E-state index is 11.8. The molecule has 0 spiro atoms. The maximum atomic E-state index is 11.8. The number of hydrogen-bond acceptors (Lipinski definition) is 4. The first-order valence-electron chi connectivity index (χ1n) is 5.60. The fraction of sp³-hybridized carbons (Fsp3) is 0.417. The molecule has 0 saturated heterocycles. The van der Waals surface area contributed by atoms with Gasteiger partial charge in [-0.1, -0.05) is 18.5 Å². The van der Waals surface area contributed by atoms with Gasteiger partial charge in [0, 0.05) is 12.2 Å². The van der Waals surface area contributed by atoms with E-state index >= 15 is 0 Å². The van der Waals surface area contributed by atoms with Gasteiger partial charge in [-0.15, -0.1) is 0 Å². The van der Waals surface area contributed by atoms with E-state index in [1.807, 2.05) is 6.92 Å². The van der Waals surface area contributed by atoms with Crippen LogP contribution in [0.5, 0.6) is 0 Å². The number of halogens is 1. The van der Waals surface area contributed by atoms with E-state index in [0.29, 0.717) is 28.6 Å². The summed E-state index contributed by atoms with van der Waals surface area (Å²) in [6.45, 7) is 4.84. The summed E-state index contributed by atoms with van der Waals surface area (Å²) in [7, 11) is 0. The Hall–Kier alpha value is -1.42. The first-order valence-corrected chi connectivity index (χ1v) is 5.98. The summed E-state index contributed by atoms with van der Waals surface area (Å²) >= 11 is 6.06. The molecule has 5 heteroatoms. The van der Waals surface area contributed by atoms with Crippen molar-refractivity contribution < 1.29 is 9.53 Å². The number of anilines is 2. The third kappa shape index (κ3) is 3.53. The number of carbonyl (C=O) groups excluding carboxylic acids is 1. The molecular formula is C12H17ClN2O2. The van der Waals surface area contributed by atoms with Crippen LogP contribution in [0.15, 0.2) is 12.1 Å². The Morgan fingerprint density at radius 3 is 2.76 bits per heavy atom. The summed E-state index contributed by atoms with van der Waals surface area (Å²) in [6.07, 6.45) is 0.934. The van der Waals surface area contributed by atoms with Gasteiger partial charge < -0.3 is 15.8 Å². The molecule has 17 heavy (non-hydrogen) atoms. The van der Waals surface area contributed by atoms with Crippen LogP contribution in [-0.2, 0) is 4.74 Å². The highest BCUT2D eigenvalue weighted by atomic mass is 35.5. The van der Waals surface area contributed by atoms with Crippen molar-refractivity contribution in [3.63, 3.8) is 0 Å². The molecule has 1 aromatic rings. The molecule has 0 aliphatic rings. The Balaban J connectivity index is 3.10. The number of carbonyl (C=O) groups is 1. The van der Waals surface area contributed by atoms with Gasteiger partial charge in [-0.05, 0) is 25.5 Å². The normalized spacial score (nSPS) is 10.1. The topological polar surface area (TPSA) is 64.3 Å². The third-order valence-electron chi connectivity index (χ3n) is 2.16. The predicted molar refractivity (Wildman–Crippen MR) is 70.6 cm³/mol. The Morgan fingerprint density at radius 1 is 1.47 bits per heavy atom. The van der Waals surface area contributed by atoms with Crippen LogP contribution in [0.2, 0.25) is 5.02 Å². The summed E-state index contributed by atoms with van der Waals surface area (Å²) in [5, 5.41) is 3.54. The van der Waals surface area contributed by atoms with Gasteiger partial charge in [0.2, 0.25) is 0 Å². The minimum absolute atomic E-state index is 0.318. The average molecular weight is 257 g/mol. The SMILES string of the molecule is CCCNc1c(Cl)cc(N)cc1C(=O)OCC. The van der Waals surface area contributed by atoms with Crippen molar-refractivity contribution in [2.24, 2.45) is 0 Å². The smallest absolute Gasteiger partial charge is 0.340 e. The largest absolute Gasteiger partial charge is 0.462 e. The highest BCUT2D eigenvalue weighted by Crippen LogP contribution is 2.29. The quantitative estimate of drug-likeness (QED) is 0.628. The van der Waals surface area contributed by atoms with Crippen LogP contribution in [0, 0.1) is 0 Å². The number of nitrogens with two attached hydrogens (primary N) is 1. The van der Waals surface area contributed by atoms with Crippen molar-refractivity contribution >= 4 is 28.9 Å².